The molecule has 2 aromatic carbocycles. The second kappa shape index (κ2) is 5.02. The predicted molar refractivity (Wildman–Crippen MR) is 77.3 cm³/mol. The van der Waals surface area contributed by atoms with Crippen LogP contribution in [0.3, 0.4) is 0 Å². The molecule has 0 atom stereocenters. The van der Waals surface area contributed by atoms with Gasteiger partial charge in [-0.25, -0.2) is 13.8 Å². The summed E-state index contributed by atoms with van der Waals surface area (Å²) in [5.41, 5.74) is 8.42. The fourth-order valence-corrected chi connectivity index (χ4v) is 2.69. The molecule has 0 saturated heterocycles. The molecule has 1 heterocycles. The van der Waals surface area contributed by atoms with Crippen LogP contribution >= 0.6 is 11.3 Å². The van der Waals surface area contributed by atoms with Gasteiger partial charge in [0.1, 0.15) is 16.6 Å². The SMILES string of the molecule is Nc1ccc(-c2csc(-c3cc(F)cc(F)c3)n2)cc1. The molecule has 3 rings (SSSR count). The van der Waals surface area contributed by atoms with Crippen molar-refractivity contribution in [2.75, 3.05) is 5.73 Å². The Morgan fingerprint density at radius 2 is 1.55 bits per heavy atom. The van der Waals surface area contributed by atoms with Crippen molar-refractivity contribution in [2.45, 2.75) is 0 Å². The van der Waals surface area contributed by atoms with Gasteiger partial charge in [0.05, 0.1) is 5.69 Å². The second-order valence-electron chi connectivity index (χ2n) is 4.32. The minimum Gasteiger partial charge on any atom is -0.399 e. The molecule has 0 saturated carbocycles. The van der Waals surface area contributed by atoms with Crippen LogP contribution in [0.2, 0.25) is 0 Å². The van der Waals surface area contributed by atoms with E-state index in [9.17, 15) is 8.78 Å². The quantitative estimate of drug-likeness (QED) is 0.712. The zero-order valence-corrected chi connectivity index (χ0v) is 11.1. The van der Waals surface area contributed by atoms with Crippen molar-refractivity contribution in [3.8, 4) is 21.8 Å². The third-order valence-electron chi connectivity index (χ3n) is 2.82. The molecule has 100 valence electrons. The maximum atomic E-state index is 13.2. The number of halogens is 2. The van der Waals surface area contributed by atoms with Crippen LogP contribution in [0.1, 0.15) is 0 Å². The molecule has 0 aliphatic heterocycles. The van der Waals surface area contributed by atoms with E-state index in [4.69, 9.17) is 5.73 Å². The van der Waals surface area contributed by atoms with Gasteiger partial charge >= 0.3 is 0 Å². The predicted octanol–water partition coefficient (Wildman–Crippen LogP) is 4.34. The average molecular weight is 288 g/mol. The van der Waals surface area contributed by atoms with Gasteiger partial charge in [0, 0.05) is 28.3 Å². The lowest BCUT2D eigenvalue weighted by Crippen LogP contribution is -1.85. The van der Waals surface area contributed by atoms with Crippen LogP contribution in [0.15, 0.2) is 47.8 Å². The molecule has 3 aromatic rings. The summed E-state index contributed by atoms with van der Waals surface area (Å²) in [6.45, 7) is 0. The van der Waals surface area contributed by atoms with Gasteiger partial charge in [0.25, 0.3) is 0 Å². The molecule has 2 nitrogen and oxygen atoms in total. The Kier molecular flexibility index (Phi) is 3.20. The Balaban J connectivity index is 1.99. The zero-order chi connectivity index (χ0) is 14.1. The number of hydrogen-bond donors (Lipinski definition) is 1. The Bertz CT molecular complexity index is 731. The Morgan fingerprint density at radius 3 is 2.20 bits per heavy atom. The van der Waals surface area contributed by atoms with Gasteiger partial charge < -0.3 is 5.73 Å². The largest absolute Gasteiger partial charge is 0.399 e. The number of thiazole rings is 1. The monoisotopic (exact) mass is 288 g/mol. The van der Waals surface area contributed by atoms with Gasteiger partial charge in [-0.05, 0) is 24.3 Å². The van der Waals surface area contributed by atoms with E-state index in [-0.39, 0.29) is 0 Å². The summed E-state index contributed by atoms with van der Waals surface area (Å²) in [5, 5.41) is 2.43. The summed E-state index contributed by atoms with van der Waals surface area (Å²) in [6, 6.07) is 10.7. The lowest BCUT2D eigenvalue weighted by Gasteiger charge is -1.99. The van der Waals surface area contributed by atoms with E-state index in [0.29, 0.717) is 16.3 Å². The standard InChI is InChI=1S/C15H10F2N2S/c16-11-5-10(6-12(17)7-11)15-19-14(8-20-15)9-1-3-13(18)4-2-9/h1-8H,18H2. The number of benzene rings is 2. The molecule has 0 aliphatic rings. The highest BCUT2D eigenvalue weighted by molar-refractivity contribution is 7.13. The lowest BCUT2D eigenvalue weighted by atomic mass is 10.1. The molecule has 0 aliphatic carbocycles. The molecule has 0 bridgehead atoms. The summed E-state index contributed by atoms with van der Waals surface area (Å²) < 4.78 is 26.4. The van der Waals surface area contributed by atoms with Crippen LogP contribution in [0, 0.1) is 11.6 Å². The van der Waals surface area contributed by atoms with Crippen LogP contribution < -0.4 is 5.73 Å². The average Bonchev–Trinajstić information content (AvgIpc) is 2.88. The van der Waals surface area contributed by atoms with Crippen LogP contribution in [0.25, 0.3) is 21.8 Å². The van der Waals surface area contributed by atoms with E-state index in [1.165, 1.54) is 23.5 Å². The number of hydrogen-bond acceptors (Lipinski definition) is 3. The van der Waals surface area contributed by atoms with Gasteiger partial charge in [-0.1, -0.05) is 12.1 Å². The first-order chi connectivity index (χ1) is 9.61. The summed E-state index contributed by atoms with van der Waals surface area (Å²) in [7, 11) is 0. The maximum absolute atomic E-state index is 13.2. The van der Waals surface area contributed by atoms with Crippen molar-refractivity contribution in [3.63, 3.8) is 0 Å². The molecule has 0 fully saturated rings. The van der Waals surface area contributed by atoms with E-state index < -0.39 is 11.6 Å². The topological polar surface area (TPSA) is 38.9 Å². The van der Waals surface area contributed by atoms with Crippen molar-refractivity contribution in [1.29, 1.82) is 0 Å². The lowest BCUT2D eigenvalue weighted by molar-refractivity contribution is 0.584. The van der Waals surface area contributed by atoms with E-state index in [0.717, 1.165) is 17.3 Å². The fourth-order valence-electron chi connectivity index (χ4n) is 1.87. The fraction of sp³-hybridized carbons (Fsp3) is 0. The van der Waals surface area contributed by atoms with Crippen molar-refractivity contribution < 1.29 is 8.78 Å². The molecule has 20 heavy (non-hydrogen) atoms. The van der Waals surface area contributed by atoms with Gasteiger partial charge in [-0.15, -0.1) is 11.3 Å². The van der Waals surface area contributed by atoms with Gasteiger partial charge in [0.15, 0.2) is 0 Å². The van der Waals surface area contributed by atoms with E-state index in [1.54, 1.807) is 12.1 Å². The summed E-state index contributed by atoms with van der Waals surface area (Å²) in [4.78, 5) is 4.41. The van der Waals surface area contributed by atoms with Gasteiger partial charge in [-0.2, -0.15) is 0 Å². The molecule has 5 heteroatoms. The second-order valence-corrected chi connectivity index (χ2v) is 5.18. The van der Waals surface area contributed by atoms with Crippen molar-refractivity contribution in [3.05, 3.63) is 59.5 Å². The third kappa shape index (κ3) is 2.53. The van der Waals surface area contributed by atoms with Crippen LogP contribution in [-0.2, 0) is 0 Å². The molecule has 0 amide bonds. The Morgan fingerprint density at radius 1 is 0.900 bits per heavy atom. The number of nitrogen functional groups attached to an aromatic ring is 1. The summed E-state index contributed by atoms with van der Waals surface area (Å²) in [5.74, 6) is -1.21. The first-order valence-corrected chi connectivity index (χ1v) is 6.78. The first-order valence-electron chi connectivity index (χ1n) is 5.90. The van der Waals surface area contributed by atoms with Gasteiger partial charge in [0.2, 0.25) is 0 Å². The summed E-state index contributed by atoms with van der Waals surface area (Å²) >= 11 is 1.34. The van der Waals surface area contributed by atoms with Crippen LogP contribution in [0.4, 0.5) is 14.5 Å². The number of aromatic nitrogens is 1. The molecule has 0 radical (unpaired) electrons. The highest BCUT2D eigenvalue weighted by Crippen LogP contribution is 2.30. The minimum absolute atomic E-state index is 0.439. The Labute approximate surface area is 118 Å². The van der Waals surface area contributed by atoms with Crippen molar-refractivity contribution >= 4 is 17.0 Å². The molecule has 0 spiro atoms. The van der Waals surface area contributed by atoms with Crippen LogP contribution in [-0.4, -0.2) is 4.98 Å². The normalized spacial score (nSPS) is 10.7. The molecular weight excluding hydrogens is 278 g/mol. The number of nitrogens with two attached hydrogens (primary N) is 1. The molecule has 2 N–H and O–H groups in total. The van der Waals surface area contributed by atoms with E-state index in [2.05, 4.69) is 4.98 Å². The molecule has 0 unspecified atom stereocenters. The zero-order valence-electron chi connectivity index (χ0n) is 10.3. The van der Waals surface area contributed by atoms with E-state index in [1.807, 2.05) is 17.5 Å². The Hall–Kier alpha value is -2.27. The third-order valence-corrected chi connectivity index (χ3v) is 3.71. The van der Waals surface area contributed by atoms with Gasteiger partial charge in [-0.3, -0.25) is 0 Å². The number of anilines is 1. The smallest absolute Gasteiger partial charge is 0.126 e. The molecular formula is C15H10F2N2S. The summed E-state index contributed by atoms with van der Waals surface area (Å²) in [6.07, 6.45) is 0. The van der Waals surface area contributed by atoms with Crippen molar-refractivity contribution in [1.82, 2.24) is 4.98 Å². The van der Waals surface area contributed by atoms with Crippen LogP contribution in [0.5, 0.6) is 0 Å². The van der Waals surface area contributed by atoms with Crippen molar-refractivity contribution in [2.24, 2.45) is 0 Å². The van der Waals surface area contributed by atoms with E-state index >= 15 is 0 Å². The maximum Gasteiger partial charge on any atom is 0.126 e. The minimum atomic E-state index is -0.607. The number of nitrogens with zero attached hydrogens (tertiary/aromatic N) is 1. The first kappa shape index (κ1) is 12.7. The highest BCUT2D eigenvalue weighted by Gasteiger charge is 2.09. The number of rotatable bonds is 2. The molecule has 1 aromatic heterocycles. The highest BCUT2D eigenvalue weighted by atomic mass is 32.1.